The molecule has 9 N–H and O–H groups in total. The van der Waals surface area contributed by atoms with Crippen LogP contribution in [-0.2, 0) is 0 Å². The Kier molecular flexibility index (Phi) is 21.6. The molecule has 0 aliphatic rings. The maximum absolute atomic E-state index is 5.74. The molecule has 182 valence electrons. The minimum absolute atomic E-state index is 0.687. The molecule has 0 aromatic rings. The molecule has 0 radical (unpaired) electrons. The van der Waals surface area contributed by atoms with Gasteiger partial charge in [-0.3, -0.25) is 4.90 Å². The molecule has 0 heterocycles. The van der Waals surface area contributed by atoms with Crippen molar-refractivity contribution >= 4 is 0 Å². The van der Waals surface area contributed by atoms with Crippen LogP contribution in [-0.4, -0.2) is 138 Å². The first-order valence-electron chi connectivity index (χ1n) is 12.0. The molecule has 0 aromatic heterocycles. The lowest BCUT2D eigenvalue weighted by atomic mass is 10.3. The SMILES string of the molecule is CCCN(CCN)CCNCCN(CCCN)CCN(C)CCN(CCN)CCN. The third-order valence-corrected chi connectivity index (χ3v) is 5.36. The molecule has 9 nitrogen and oxygen atoms in total. The van der Waals surface area contributed by atoms with Gasteiger partial charge in [0, 0.05) is 91.6 Å². The topological polar surface area (TPSA) is 129 Å². The van der Waals surface area contributed by atoms with Crippen molar-refractivity contribution < 1.29 is 0 Å². The van der Waals surface area contributed by atoms with Crippen LogP contribution in [0.4, 0.5) is 0 Å². The summed E-state index contributed by atoms with van der Waals surface area (Å²) < 4.78 is 0. The van der Waals surface area contributed by atoms with E-state index in [1.165, 1.54) is 6.42 Å². The second kappa shape index (κ2) is 21.9. The molecule has 0 saturated carbocycles. The maximum atomic E-state index is 5.74. The zero-order valence-electron chi connectivity index (χ0n) is 20.0. The molecule has 0 bridgehead atoms. The van der Waals surface area contributed by atoms with Crippen LogP contribution in [0, 0.1) is 0 Å². The Balaban J connectivity index is 4.13. The van der Waals surface area contributed by atoms with Crippen LogP contribution >= 0.6 is 0 Å². The molecular weight excluding hydrogens is 378 g/mol. The van der Waals surface area contributed by atoms with Crippen LogP contribution in [0.25, 0.3) is 0 Å². The van der Waals surface area contributed by atoms with Crippen molar-refractivity contribution in [2.45, 2.75) is 19.8 Å². The lowest BCUT2D eigenvalue weighted by Gasteiger charge is -2.28. The molecule has 0 atom stereocenters. The van der Waals surface area contributed by atoms with Crippen LogP contribution in [0.15, 0.2) is 0 Å². The Labute approximate surface area is 186 Å². The number of hydrogen-bond donors (Lipinski definition) is 5. The lowest BCUT2D eigenvalue weighted by Crippen LogP contribution is -2.42. The van der Waals surface area contributed by atoms with Crippen molar-refractivity contribution in [1.29, 1.82) is 0 Å². The smallest absolute Gasteiger partial charge is 0.0110 e. The Bertz CT molecular complexity index is 334. The van der Waals surface area contributed by atoms with E-state index in [-0.39, 0.29) is 0 Å². The van der Waals surface area contributed by atoms with E-state index in [0.29, 0.717) is 13.1 Å². The normalized spacial score (nSPS) is 12.2. The Morgan fingerprint density at radius 2 is 1.00 bits per heavy atom. The fourth-order valence-corrected chi connectivity index (χ4v) is 3.52. The summed E-state index contributed by atoms with van der Waals surface area (Å²) in [5, 5.41) is 3.60. The molecular formula is C21H53N9. The summed E-state index contributed by atoms with van der Waals surface area (Å²) in [4.78, 5) is 9.71. The van der Waals surface area contributed by atoms with E-state index in [1.807, 2.05) is 0 Å². The number of nitrogens with two attached hydrogens (primary N) is 4. The van der Waals surface area contributed by atoms with Gasteiger partial charge in [0.25, 0.3) is 0 Å². The van der Waals surface area contributed by atoms with E-state index in [0.717, 1.165) is 105 Å². The number of nitrogens with one attached hydrogen (secondary N) is 1. The van der Waals surface area contributed by atoms with Gasteiger partial charge in [0.05, 0.1) is 0 Å². The summed E-state index contributed by atoms with van der Waals surface area (Å²) in [5.41, 5.74) is 22.8. The Morgan fingerprint density at radius 3 is 1.43 bits per heavy atom. The highest BCUT2D eigenvalue weighted by Gasteiger charge is 2.09. The highest BCUT2D eigenvalue weighted by molar-refractivity contribution is 4.67. The van der Waals surface area contributed by atoms with Gasteiger partial charge in [0.15, 0.2) is 0 Å². The van der Waals surface area contributed by atoms with Crippen molar-refractivity contribution in [3.8, 4) is 0 Å². The highest BCUT2D eigenvalue weighted by atomic mass is 15.2. The second-order valence-electron chi connectivity index (χ2n) is 8.09. The monoisotopic (exact) mass is 431 g/mol. The molecule has 0 aliphatic carbocycles. The molecule has 0 fully saturated rings. The number of rotatable bonds is 23. The van der Waals surface area contributed by atoms with Crippen molar-refractivity contribution in [1.82, 2.24) is 24.9 Å². The average Bonchev–Trinajstić information content (AvgIpc) is 2.73. The van der Waals surface area contributed by atoms with Gasteiger partial charge < -0.3 is 43.0 Å². The van der Waals surface area contributed by atoms with E-state index in [2.05, 4.69) is 38.9 Å². The van der Waals surface area contributed by atoms with Gasteiger partial charge in [-0.15, -0.1) is 0 Å². The number of hydrogen-bond acceptors (Lipinski definition) is 9. The third-order valence-electron chi connectivity index (χ3n) is 5.36. The van der Waals surface area contributed by atoms with Crippen LogP contribution < -0.4 is 28.3 Å². The molecule has 30 heavy (non-hydrogen) atoms. The van der Waals surface area contributed by atoms with Crippen molar-refractivity contribution in [2.75, 3.05) is 118 Å². The minimum Gasteiger partial charge on any atom is -0.330 e. The van der Waals surface area contributed by atoms with Crippen molar-refractivity contribution in [2.24, 2.45) is 22.9 Å². The maximum Gasteiger partial charge on any atom is 0.0110 e. The van der Waals surface area contributed by atoms with E-state index in [9.17, 15) is 0 Å². The van der Waals surface area contributed by atoms with Crippen LogP contribution in [0.2, 0.25) is 0 Å². The van der Waals surface area contributed by atoms with E-state index in [4.69, 9.17) is 22.9 Å². The largest absolute Gasteiger partial charge is 0.330 e. The lowest BCUT2D eigenvalue weighted by molar-refractivity contribution is 0.198. The summed E-state index contributed by atoms with van der Waals surface area (Å²) in [6.45, 7) is 18.4. The summed E-state index contributed by atoms with van der Waals surface area (Å²) in [6, 6.07) is 0. The predicted molar refractivity (Wildman–Crippen MR) is 131 cm³/mol. The van der Waals surface area contributed by atoms with E-state index < -0.39 is 0 Å². The molecule has 0 rings (SSSR count). The second-order valence-corrected chi connectivity index (χ2v) is 8.09. The van der Waals surface area contributed by atoms with Crippen molar-refractivity contribution in [3.05, 3.63) is 0 Å². The highest BCUT2D eigenvalue weighted by Crippen LogP contribution is 1.95. The first-order chi connectivity index (χ1) is 14.6. The molecule has 0 aliphatic heterocycles. The predicted octanol–water partition coefficient (Wildman–Crippen LogP) is -1.95. The van der Waals surface area contributed by atoms with Crippen LogP contribution in [0.1, 0.15) is 19.8 Å². The standard InChI is InChI=1S/C21H53N9/c1-3-11-28(13-6-23)16-9-26-10-17-29(12-4-5-22)20-18-27(2)19-21-30(14-7-24)15-8-25/h26H,3-25H2,1-2H3. The summed E-state index contributed by atoms with van der Waals surface area (Å²) in [7, 11) is 2.20. The van der Waals surface area contributed by atoms with Crippen LogP contribution in [0.5, 0.6) is 0 Å². The van der Waals surface area contributed by atoms with Gasteiger partial charge in [-0.2, -0.15) is 0 Å². The summed E-state index contributed by atoms with van der Waals surface area (Å²) in [6.07, 6.45) is 2.22. The third kappa shape index (κ3) is 17.3. The van der Waals surface area contributed by atoms with Gasteiger partial charge in [0.1, 0.15) is 0 Å². The first-order valence-corrected chi connectivity index (χ1v) is 12.0. The molecule has 0 amide bonds. The summed E-state index contributed by atoms with van der Waals surface area (Å²) in [5.74, 6) is 0. The van der Waals surface area contributed by atoms with Crippen LogP contribution in [0.3, 0.4) is 0 Å². The average molecular weight is 432 g/mol. The van der Waals surface area contributed by atoms with E-state index in [1.54, 1.807) is 0 Å². The van der Waals surface area contributed by atoms with Gasteiger partial charge in [-0.1, -0.05) is 6.92 Å². The Hall–Kier alpha value is -0.360. The van der Waals surface area contributed by atoms with Gasteiger partial charge in [0.2, 0.25) is 0 Å². The Morgan fingerprint density at radius 1 is 0.533 bits per heavy atom. The summed E-state index contributed by atoms with van der Waals surface area (Å²) >= 11 is 0. The fraction of sp³-hybridized carbons (Fsp3) is 1.00. The molecule has 0 aromatic carbocycles. The zero-order chi connectivity index (χ0) is 22.5. The number of nitrogens with zero attached hydrogens (tertiary/aromatic N) is 4. The minimum atomic E-state index is 0.687. The zero-order valence-corrected chi connectivity index (χ0v) is 20.0. The quantitative estimate of drug-likeness (QED) is 0.117. The first kappa shape index (κ1) is 29.6. The van der Waals surface area contributed by atoms with Gasteiger partial charge >= 0.3 is 0 Å². The van der Waals surface area contributed by atoms with Gasteiger partial charge in [-0.05, 0) is 39.5 Å². The molecule has 0 unspecified atom stereocenters. The molecule has 0 spiro atoms. The number of likely N-dealkylation sites (N-methyl/N-ethyl adjacent to an activating group) is 1. The van der Waals surface area contributed by atoms with Crippen molar-refractivity contribution in [3.63, 3.8) is 0 Å². The fourth-order valence-electron chi connectivity index (χ4n) is 3.52. The molecule has 0 saturated heterocycles. The molecule has 9 heteroatoms. The van der Waals surface area contributed by atoms with Gasteiger partial charge in [-0.25, -0.2) is 0 Å². The van der Waals surface area contributed by atoms with E-state index >= 15 is 0 Å².